The predicted octanol–water partition coefficient (Wildman–Crippen LogP) is 2.81. The van der Waals surface area contributed by atoms with Gasteiger partial charge in [-0.2, -0.15) is 5.26 Å². The fourth-order valence-electron chi connectivity index (χ4n) is 3.37. The lowest BCUT2D eigenvalue weighted by atomic mass is 9.86. The molecule has 0 N–H and O–H groups in total. The van der Waals surface area contributed by atoms with E-state index in [0.717, 1.165) is 18.4 Å². The average molecular weight is 302 g/mol. The summed E-state index contributed by atoms with van der Waals surface area (Å²) in [7, 11) is 0. The van der Waals surface area contributed by atoms with Crippen molar-refractivity contribution in [3.63, 3.8) is 0 Å². The third kappa shape index (κ3) is 2.71. The van der Waals surface area contributed by atoms with Crippen LogP contribution < -0.4 is 0 Å². The van der Waals surface area contributed by atoms with Gasteiger partial charge in [0.15, 0.2) is 0 Å². The molecule has 22 heavy (non-hydrogen) atoms. The van der Waals surface area contributed by atoms with Crippen molar-refractivity contribution >= 4 is 5.91 Å². The van der Waals surface area contributed by atoms with Gasteiger partial charge in [0.25, 0.3) is 0 Å². The molecule has 0 aromatic heterocycles. The highest BCUT2D eigenvalue weighted by Gasteiger charge is 2.45. The van der Waals surface area contributed by atoms with Crippen LogP contribution in [0, 0.1) is 22.6 Å². The number of morpholine rings is 1. The Morgan fingerprint density at radius 3 is 2.64 bits per heavy atom. The normalized spacial score (nSPS) is 24.0. The summed E-state index contributed by atoms with van der Waals surface area (Å²) in [6, 6.07) is 8.42. The largest absolute Gasteiger partial charge is 0.370 e. The minimum absolute atomic E-state index is 0.0667. The van der Waals surface area contributed by atoms with E-state index >= 15 is 0 Å². The number of benzene rings is 1. The Morgan fingerprint density at radius 2 is 2.00 bits per heavy atom. The van der Waals surface area contributed by atoms with E-state index < -0.39 is 5.41 Å². The molecule has 4 nitrogen and oxygen atoms in total. The maximum absolute atomic E-state index is 13.0. The van der Waals surface area contributed by atoms with Crippen molar-refractivity contribution in [2.45, 2.75) is 31.8 Å². The molecular weight excluding hydrogens is 283 g/mol. The van der Waals surface area contributed by atoms with Crippen molar-refractivity contribution in [3.8, 4) is 6.07 Å². The summed E-state index contributed by atoms with van der Waals surface area (Å²) in [4.78, 5) is 14.5. The third-order valence-corrected chi connectivity index (χ3v) is 4.68. The second-order valence-corrected chi connectivity index (χ2v) is 6.06. The van der Waals surface area contributed by atoms with Gasteiger partial charge in [-0.3, -0.25) is 4.79 Å². The van der Waals surface area contributed by atoms with Gasteiger partial charge < -0.3 is 9.64 Å². The van der Waals surface area contributed by atoms with Gasteiger partial charge in [0.2, 0.25) is 5.91 Å². The zero-order chi connectivity index (χ0) is 15.6. The monoisotopic (exact) mass is 302 g/mol. The Bertz CT molecular complexity index is 588. The van der Waals surface area contributed by atoms with Gasteiger partial charge in [-0.05, 0) is 30.5 Å². The maximum atomic E-state index is 13.0. The van der Waals surface area contributed by atoms with E-state index in [1.807, 2.05) is 0 Å². The standard InChI is InChI=1S/C17H19FN2O2/c18-14-5-3-13(4-6-14)15-11-20(9-10-22-15)16(21)17(12-19)7-1-2-8-17/h3-6,15H,1-2,7-11H2/t15-/m0/s1. The molecule has 5 heteroatoms. The van der Waals surface area contributed by atoms with Crippen molar-refractivity contribution < 1.29 is 13.9 Å². The summed E-state index contributed by atoms with van der Waals surface area (Å²) < 4.78 is 18.7. The smallest absolute Gasteiger partial charge is 0.243 e. The van der Waals surface area contributed by atoms with Gasteiger partial charge >= 0.3 is 0 Å². The highest BCUT2D eigenvalue weighted by atomic mass is 19.1. The first-order valence-corrected chi connectivity index (χ1v) is 7.72. The van der Waals surface area contributed by atoms with Gasteiger partial charge in [-0.25, -0.2) is 4.39 Å². The Kier molecular flexibility index (Phi) is 4.12. The van der Waals surface area contributed by atoms with Crippen LogP contribution in [0.25, 0.3) is 0 Å². The lowest BCUT2D eigenvalue weighted by Crippen LogP contribution is -2.48. The number of ether oxygens (including phenoxy) is 1. The average Bonchev–Trinajstić information content (AvgIpc) is 3.05. The summed E-state index contributed by atoms with van der Waals surface area (Å²) in [5.41, 5.74) is 0.0151. The number of rotatable bonds is 2. The lowest BCUT2D eigenvalue weighted by molar-refractivity contribution is -0.146. The molecule has 1 atom stereocenters. The minimum Gasteiger partial charge on any atom is -0.370 e. The van der Waals surface area contributed by atoms with Gasteiger partial charge in [-0.1, -0.05) is 25.0 Å². The van der Waals surface area contributed by atoms with Crippen molar-refractivity contribution in [1.82, 2.24) is 4.90 Å². The number of hydrogen-bond donors (Lipinski definition) is 0. The lowest BCUT2D eigenvalue weighted by Gasteiger charge is -2.36. The highest BCUT2D eigenvalue weighted by Crippen LogP contribution is 2.40. The second-order valence-electron chi connectivity index (χ2n) is 6.06. The molecule has 1 saturated heterocycles. The number of carbonyl (C=O) groups excluding carboxylic acids is 1. The topological polar surface area (TPSA) is 53.3 Å². The second kappa shape index (κ2) is 6.05. The molecule has 1 aromatic rings. The van der Waals surface area contributed by atoms with Crippen LogP contribution in [-0.4, -0.2) is 30.5 Å². The molecule has 0 unspecified atom stereocenters. The van der Waals surface area contributed by atoms with Crippen molar-refractivity contribution in [1.29, 1.82) is 5.26 Å². The highest BCUT2D eigenvalue weighted by molar-refractivity contribution is 5.86. The number of hydrogen-bond acceptors (Lipinski definition) is 3. The molecule has 1 amide bonds. The molecule has 0 bridgehead atoms. The Morgan fingerprint density at radius 1 is 1.32 bits per heavy atom. The van der Waals surface area contributed by atoms with E-state index in [2.05, 4.69) is 6.07 Å². The zero-order valence-corrected chi connectivity index (χ0v) is 12.4. The van der Waals surface area contributed by atoms with Crippen LogP contribution in [0.3, 0.4) is 0 Å². The molecule has 3 rings (SSSR count). The molecular formula is C17H19FN2O2. The van der Waals surface area contributed by atoms with Crippen LogP contribution in [0.15, 0.2) is 24.3 Å². The van der Waals surface area contributed by atoms with Crippen molar-refractivity contribution in [2.24, 2.45) is 5.41 Å². The van der Waals surface area contributed by atoms with Crippen LogP contribution in [0.4, 0.5) is 4.39 Å². The number of nitriles is 1. The van der Waals surface area contributed by atoms with Gasteiger partial charge in [0.05, 0.1) is 19.2 Å². The van der Waals surface area contributed by atoms with Crippen LogP contribution >= 0.6 is 0 Å². The third-order valence-electron chi connectivity index (χ3n) is 4.68. The summed E-state index contributed by atoms with van der Waals surface area (Å²) in [6.45, 7) is 1.38. The van der Waals surface area contributed by atoms with Crippen molar-refractivity contribution in [2.75, 3.05) is 19.7 Å². The van der Waals surface area contributed by atoms with Crippen LogP contribution in [0.5, 0.6) is 0 Å². The minimum atomic E-state index is -0.843. The fraction of sp³-hybridized carbons (Fsp3) is 0.529. The fourth-order valence-corrected chi connectivity index (χ4v) is 3.37. The van der Waals surface area contributed by atoms with E-state index in [0.29, 0.717) is 32.5 Å². The SMILES string of the molecule is N#CC1(C(=O)N2CCO[C@H](c3ccc(F)cc3)C2)CCCC1. The first kappa shape index (κ1) is 15.0. The summed E-state index contributed by atoms with van der Waals surface area (Å²) in [6.07, 6.45) is 2.92. The predicted molar refractivity (Wildman–Crippen MR) is 78.2 cm³/mol. The Hall–Kier alpha value is -1.93. The molecule has 1 saturated carbocycles. The molecule has 0 radical (unpaired) electrons. The number of nitrogens with zero attached hydrogens (tertiary/aromatic N) is 2. The summed E-state index contributed by atoms with van der Waals surface area (Å²) >= 11 is 0. The molecule has 0 spiro atoms. The van der Waals surface area contributed by atoms with E-state index in [-0.39, 0.29) is 17.8 Å². The Balaban J connectivity index is 1.74. The maximum Gasteiger partial charge on any atom is 0.243 e. The van der Waals surface area contributed by atoms with Crippen LogP contribution in [-0.2, 0) is 9.53 Å². The van der Waals surface area contributed by atoms with E-state index in [4.69, 9.17) is 4.74 Å². The van der Waals surface area contributed by atoms with Crippen LogP contribution in [0.2, 0.25) is 0 Å². The summed E-state index contributed by atoms with van der Waals surface area (Å²) in [5, 5.41) is 9.46. The molecule has 1 aliphatic carbocycles. The van der Waals surface area contributed by atoms with Gasteiger partial charge in [-0.15, -0.1) is 0 Å². The van der Waals surface area contributed by atoms with Gasteiger partial charge in [0, 0.05) is 6.54 Å². The molecule has 2 fully saturated rings. The molecule has 1 aromatic carbocycles. The molecule has 2 aliphatic rings. The van der Waals surface area contributed by atoms with E-state index in [1.165, 1.54) is 12.1 Å². The number of carbonyl (C=O) groups is 1. The quantitative estimate of drug-likeness (QED) is 0.844. The first-order valence-electron chi connectivity index (χ1n) is 7.72. The molecule has 1 heterocycles. The number of halogens is 1. The molecule has 1 aliphatic heterocycles. The number of amides is 1. The van der Waals surface area contributed by atoms with E-state index in [9.17, 15) is 14.4 Å². The molecule has 116 valence electrons. The first-order chi connectivity index (χ1) is 10.6. The zero-order valence-electron chi connectivity index (χ0n) is 12.4. The van der Waals surface area contributed by atoms with Gasteiger partial charge in [0.1, 0.15) is 17.3 Å². The van der Waals surface area contributed by atoms with Crippen LogP contribution in [0.1, 0.15) is 37.4 Å². The van der Waals surface area contributed by atoms with Crippen molar-refractivity contribution in [3.05, 3.63) is 35.6 Å². The van der Waals surface area contributed by atoms with E-state index in [1.54, 1.807) is 17.0 Å². The Labute approximate surface area is 129 Å². The summed E-state index contributed by atoms with van der Waals surface area (Å²) in [5.74, 6) is -0.357.